The Kier molecular flexibility index (Phi) is 3.29. The Morgan fingerprint density at radius 3 is 2.09 bits per heavy atom. The lowest BCUT2D eigenvalue weighted by Crippen LogP contribution is -1.84. The first-order chi connectivity index (χ1) is 10.8. The maximum Gasteiger partial charge on any atom is 0.0677 e. The van der Waals surface area contributed by atoms with Crippen LogP contribution in [0.25, 0.3) is 22.8 Å². The van der Waals surface area contributed by atoms with Crippen molar-refractivity contribution < 1.29 is 0 Å². The SMILES string of the molecule is Clc1ccc2c(c1Cl)C(=Cc1ccccc1)c1ccccc1-2. The maximum atomic E-state index is 6.52. The lowest BCUT2D eigenvalue weighted by Gasteiger charge is -2.07. The van der Waals surface area contributed by atoms with E-state index < -0.39 is 0 Å². The average molecular weight is 323 g/mol. The molecule has 2 heteroatoms. The third kappa shape index (κ3) is 2.08. The summed E-state index contributed by atoms with van der Waals surface area (Å²) in [5.41, 5.74) is 6.86. The lowest BCUT2D eigenvalue weighted by atomic mass is 10.0. The zero-order valence-corrected chi connectivity index (χ0v) is 13.2. The molecule has 106 valence electrons. The fourth-order valence-corrected chi connectivity index (χ4v) is 3.42. The Morgan fingerprint density at radius 1 is 0.636 bits per heavy atom. The number of hydrogen-bond donors (Lipinski definition) is 0. The van der Waals surface area contributed by atoms with Crippen LogP contribution in [0.1, 0.15) is 16.7 Å². The molecule has 0 unspecified atom stereocenters. The molecule has 1 aliphatic rings. The number of fused-ring (bicyclic) bond motifs is 3. The van der Waals surface area contributed by atoms with Gasteiger partial charge in [0.2, 0.25) is 0 Å². The van der Waals surface area contributed by atoms with Crippen molar-refractivity contribution in [1.82, 2.24) is 0 Å². The lowest BCUT2D eigenvalue weighted by molar-refractivity contribution is 1.64. The predicted octanol–water partition coefficient (Wildman–Crippen LogP) is 6.56. The molecule has 0 aliphatic heterocycles. The van der Waals surface area contributed by atoms with Crippen LogP contribution in [0.5, 0.6) is 0 Å². The summed E-state index contributed by atoms with van der Waals surface area (Å²) in [7, 11) is 0. The molecule has 0 aromatic heterocycles. The summed E-state index contributed by atoms with van der Waals surface area (Å²) in [6.45, 7) is 0. The molecule has 0 nitrogen and oxygen atoms in total. The Hall–Kier alpha value is -2.02. The Labute approximate surface area is 139 Å². The van der Waals surface area contributed by atoms with E-state index in [0.29, 0.717) is 10.0 Å². The van der Waals surface area contributed by atoms with E-state index in [4.69, 9.17) is 23.2 Å². The van der Waals surface area contributed by atoms with Crippen molar-refractivity contribution in [2.75, 3.05) is 0 Å². The van der Waals surface area contributed by atoms with Gasteiger partial charge in [-0.3, -0.25) is 0 Å². The van der Waals surface area contributed by atoms with Crippen molar-refractivity contribution in [1.29, 1.82) is 0 Å². The van der Waals surface area contributed by atoms with E-state index in [0.717, 1.165) is 22.3 Å². The number of benzene rings is 3. The molecule has 0 amide bonds. The van der Waals surface area contributed by atoms with Gasteiger partial charge in [-0.05, 0) is 40.0 Å². The molecular weight excluding hydrogens is 311 g/mol. The molecule has 0 radical (unpaired) electrons. The monoisotopic (exact) mass is 322 g/mol. The van der Waals surface area contributed by atoms with Gasteiger partial charge >= 0.3 is 0 Å². The van der Waals surface area contributed by atoms with Crippen LogP contribution < -0.4 is 0 Å². The molecule has 0 saturated carbocycles. The molecule has 0 spiro atoms. The Balaban J connectivity index is 2.04. The quantitative estimate of drug-likeness (QED) is 0.372. The van der Waals surface area contributed by atoms with E-state index in [1.54, 1.807) is 0 Å². The fourth-order valence-electron chi connectivity index (χ4n) is 2.99. The number of rotatable bonds is 1. The van der Waals surface area contributed by atoms with Crippen LogP contribution in [0.2, 0.25) is 10.0 Å². The molecule has 0 bridgehead atoms. The van der Waals surface area contributed by atoms with Gasteiger partial charge in [0, 0.05) is 5.56 Å². The van der Waals surface area contributed by atoms with Crippen molar-refractivity contribution >= 4 is 34.9 Å². The highest BCUT2D eigenvalue weighted by Crippen LogP contribution is 2.49. The van der Waals surface area contributed by atoms with E-state index in [2.05, 4.69) is 42.5 Å². The van der Waals surface area contributed by atoms with Crippen molar-refractivity contribution in [3.05, 3.63) is 93.5 Å². The van der Waals surface area contributed by atoms with E-state index in [9.17, 15) is 0 Å². The van der Waals surface area contributed by atoms with Gasteiger partial charge in [0.1, 0.15) is 0 Å². The summed E-state index contributed by atoms with van der Waals surface area (Å²) in [5.74, 6) is 0. The van der Waals surface area contributed by atoms with Gasteiger partial charge in [0.25, 0.3) is 0 Å². The summed E-state index contributed by atoms with van der Waals surface area (Å²) in [4.78, 5) is 0. The first kappa shape index (κ1) is 13.6. The second-order valence-corrected chi connectivity index (χ2v) is 6.08. The van der Waals surface area contributed by atoms with E-state index in [1.165, 1.54) is 11.1 Å². The normalized spacial score (nSPS) is 14.0. The highest BCUT2D eigenvalue weighted by molar-refractivity contribution is 6.44. The average Bonchev–Trinajstić information content (AvgIpc) is 2.87. The molecule has 22 heavy (non-hydrogen) atoms. The highest BCUT2D eigenvalue weighted by Gasteiger charge is 2.26. The summed E-state index contributed by atoms with van der Waals surface area (Å²) in [6, 6.07) is 22.6. The summed E-state index contributed by atoms with van der Waals surface area (Å²) in [6.07, 6.45) is 2.17. The minimum absolute atomic E-state index is 0.590. The van der Waals surface area contributed by atoms with Crippen LogP contribution in [-0.2, 0) is 0 Å². The van der Waals surface area contributed by atoms with Crippen molar-refractivity contribution in [2.45, 2.75) is 0 Å². The zero-order valence-electron chi connectivity index (χ0n) is 11.7. The third-order valence-corrected chi connectivity index (χ3v) is 4.79. The van der Waals surface area contributed by atoms with Crippen LogP contribution in [-0.4, -0.2) is 0 Å². The van der Waals surface area contributed by atoms with Crippen molar-refractivity contribution in [2.24, 2.45) is 0 Å². The first-order valence-corrected chi connectivity index (χ1v) is 7.86. The Bertz CT molecular complexity index is 893. The zero-order chi connectivity index (χ0) is 15.1. The number of halogens is 2. The van der Waals surface area contributed by atoms with E-state index >= 15 is 0 Å². The molecule has 1 aliphatic carbocycles. The highest BCUT2D eigenvalue weighted by atomic mass is 35.5. The van der Waals surface area contributed by atoms with Gasteiger partial charge in [-0.25, -0.2) is 0 Å². The maximum absolute atomic E-state index is 6.52. The molecule has 0 saturated heterocycles. The summed E-state index contributed by atoms with van der Waals surface area (Å²) < 4.78 is 0. The minimum atomic E-state index is 0.590. The van der Waals surface area contributed by atoms with Gasteiger partial charge in [-0.15, -0.1) is 0 Å². The minimum Gasteiger partial charge on any atom is -0.0827 e. The fraction of sp³-hybridized carbons (Fsp3) is 0. The molecule has 0 N–H and O–H groups in total. The van der Waals surface area contributed by atoms with E-state index in [1.807, 2.05) is 30.3 Å². The standard InChI is InChI=1S/C20H12Cl2/c21-18-11-10-16-14-8-4-5-9-15(14)17(19(16)20(18)22)12-13-6-2-1-3-7-13/h1-12H. The second kappa shape index (κ2) is 5.31. The van der Waals surface area contributed by atoms with Crippen LogP contribution in [0.15, 0.2) is 66.7 Å². The number of hydrogen-bond acceptors (Lipinski definition) is 0. The topological polar surface area (TPSA) is 0 Å². The van der Waals surface area contributed by atoms with Crippen LogP contribution in [0.3, 0.4) is 0 Å². The summed E-state index contributed by atoms with van der Waals surface area (Å²) in [5, 5.41) is 1.21. The van der Waals surface area contributed by atoms with E-state index in [-0.39, 0.29) is 0 Å². The molecular formula is C20H12Cl2. The van der Waals surface area contributed by atoms with Crippen molar-refractivity contribution in [3.8, 4) is 11.1 Å². The second-order valence-electron chi connectivity index (χ2n) is 5.30. The van der Waals surface area contributed by atoms with Gasteiger partial charge in [-0.1, -0.05) is 83.9 Å². The molecule has 4 rings (SSSR count). The smallest absolute Gasteiger partial charge is 0.0677 e. The first-order valence-electron chi connectivity index (χ1n) is 7.10. The summed E-state index contributed by atoms with van der Waals surface area (Å²) >= 11 is 12.8. The predicted molar refractivity (Wildman–Crippen MR) is 95.3 cm³/mol. The largest absolute Gasteiger partial charge is 0.0827 e. The van der Waals surface area contributed by atoms with Gasteiger partial charge in [0.15, 0.2) is 0 Å². The van der Waals surface area contributed by atoms with Gasteiger partial charge in [0.05, 0.1) is 10.0 Å². The van der Waals surface area contributed by atoms with Gasteiger partial charge < -0.3 is 0 Å². The van der Waals surface area contributed by atoms with Crippen LogP contribution in [0.4, 0.5) is 0 Å². The third-order valence-electron chi connectivity index (χ3n) is 3.98. The molecule has 3 aromatic rings. The van der Waals surface area contributed by atoms with Crippen LogP contribution in [0, 0.1) is 0 Å². The molecule has 3 aromatic carbocycles. The Morgan fingerprint density at radius 2 is 1.32 bits per heavy atom. The van der Waals surface area contributed by atoms with Gasteiger partial charge in [-0.2, -0.15) is 0 Å². The molecule has 0 atom stereocenters. The molecule has 0 fully saturated rings. The van der Waals surface area contributed by atoms with Crippen molar-refractivity contribution in [3.63, 3.8) is 0 Å². The van der Waals surface area contributed by atoms with Crippen LogP contribution >= 0.6 is 23.2 Å². The molecule has 0 heterocycles.